The molecule has 0 unspecified atom stereocenters. The van der Waals surface area contributed by atoms with Gasteiger partial charge in [-0.2, -0.15) is 0 Å². The molecule has 0 saturated heterocycles. The van der Waals surface area contributed by atoms with Gasteiger partial charge in [-0.15, -0.1) is 0 Å². The van der Waals surface area contributed by atoms with Crippen LogP contribution in [0.1, 0.15) is 17.0 Å². The lowest BCUT2D eigenvalue weighted by Gasteiger charge is -2.27. The smallest absolute Gasteiger partial charge is 0.124 e. The van der Waals surface area contributed by atoms with Gasteiger partial charge in [0.15, 0.2) is 0 Å². The Morgan fingerprint density at radius 2 is 2.24 bits per heavy atom. The molecule has 5 heteroatoms. The van der Waals surface area contributed by atoms with Crippen molar-refractivity contribution in [2.75, 3.05) is 13.2 Å². The molecule has 1 aromatic heterocycles. The number of nitrogens with zero attached hydrogens (tertiary/aromatic N) is 3. The van der Waals surface area contributed by atoms with Crippen molar-refractivity contribution >= 4 is 0 Å². The first-order chi connectivity index (χ1) is 10.3. The van der Waals surface area contributed by atoms with Crippen molar-refractivity contribution in [3.05, 3.63) is 53.4 Å². The molecule has 3 rings (SSSR count). The summed E-state index contributed by atoms with van der Waals surface area (Å²) < 4.78 is 15.5. The SMILES string of the molecule is OCC#Cc1cc(F)ccc1CN1CCn2ccnc2C1. The number of rotatable bonds is 2. The summed E-state index contributed by atoms with van der Waals surface area (Å²) in [6.45, 7) is 3.08. The molecule has 2 aromatic rings. The van der Waals surface area contributed by atoms with Gasteiger partial charge in [0.1, 0.15) is 18.2 Å². The zero-order chi connectivity index (χ0) is 14.7. The summed E-state index contributed by atoms with van der Waals surface area (Å²) in [5, 5.41) is 8.81. The largest absolute Gasteiger partial charge is 0.384 e. The van der Waals surface area contributed by atoms with Crippen LogP contribution in [0.25, 0.3) is 0 Å². The van der Waals surface area contributed by atoms with E-state index in [2.05, 4.69) is 26.3 Å². The number of benzene rings is 1. The normalized spacial score (nSPS) is 14.4. The molecule has 4 nitrogen and oxygen atoms in total. The highest BCUT2D eigenvalue weighted by Crippen LogP contribution is 2.17. The van der Waals surface area contributed by atoms with E-state index in [0.29, 0.717) is 12.1 Å². The van der Waals surface area contributed by atoms with Crippen LogP contribution < -0.4 is 0 Å². The lowest BCUT2D eigenvalue weighted by molar-refractivity contribution is 0.208. The third kappa shape index (κ3) is 3.13. The summed E-state index contributed by atoms with van der Waals surface area (Å²) in [4.78, 5) is 6.60. The Labute approximate surface area is 122 Å². The molecule has 1 N–H and O–H groups in total. The number of imidazole rings is 1. The van der Waals surface area contributed by atoms with Gasteiger partial charge < -0.3 is 9.67 Å². The van der Waals surface area contributed by atoms with E-state index in [1.807, 2.05) is 12.4 Å². The Hall–Kier alpha value is -2.16. The third-order valence-corrected chi connectivity index (χ3v) is 3.59. The maximum atomic E-state index is 13.4. The number of hydrogen-bond donors (Lipinski definition) is 1. The second-order valence-electron chi connectivity index (χ2n) is 5.01. The summed E-state index contributed by atoms with van der Waals surface area (Å²) in [6.07, 6.45) is 3.80. The fourth-order valence-electron chi connectivity index (χ4n) is 2.54. The Morgan fingerprint density at radius 1 is 1.33 bits per heavy atom. The van der Waals surface area contributed by atoms with Gasteiger partial charge in [0.05, 0.1) is 6.54 Å². The Kier molecular flexibility index (Phi) is 4.00. The molecular weight excluding hydrogens is 269 g/mol. The van der Waals surface area contributed by atoms with Crippen LogP contribution in [0.15, 0.2) is 30.6 Å². The van der Waals surface area contributed by atoms with Crippen molar-refractivity contribution in [3.63, 3.8) is 0 Å². The quantitative estimate of drug-likeness (QED) is 0.848. The molecule has 108 valence electrons. The van der Waals surface area contributed by atoms with E-state index in [-0.39, 0.29) is 12.4 Å². The number of fused-ring (bicyclic) bond motifs is 1. The third-order valence-electron chi connectivity index (χ3n) is 3.59. The van der Waals surface area contributed by atoms with E-state index in [1.54, 1.807) is 6.07 Å². The molecule has 0 spiro atoms. The van der Waals surface area contributed by atoms with Gasteiger partial charge in [-0.3, -0.25) is 4.90 Å². The van der Waals surface area contributed by atoms with E-state index < -0.39 is 0 Å². The van der Waals surface area contributed by atoms with Crippen molar-refractivity contribution < 1.29 is 9.50 Å². The first kappa shape index (κ1) is 13.8. The molecule has 21 heavy (non-hydrogen) atoms. The van der Waals surface area contributed by atoms with Crippen LogP contribution in [0.5, 0.6) is 0 Å². The molecule has 1 aromatic carbocycles. The number of aliphatic hydroxyl groups excluding tert-OH is 1. The standard InChI is InChI=1S/C16H16FN3O/c17-15-4-3-14(13(10-15)2-1-9-21)11-19-7-8-20-6-5-18-16(20)12-19/h3-6,10,21H,7-9,11-12H2. The zero-order valence-corrected chi connectivity index (χ0v) is 11.6. The highest BCUT2D eigenvalue weighted by atomic mass is 19.1. The summed E-state index contributed by atoms with van der Waals surface area (Å²) in [5.41, 5.74) is 1.61. The minimum atomic E-state index is -0.310. The van der Waals surface area contributed by atoms with Gasteiger partial charge >= 0.3 is 0 Å². The molecule has 0 aliphatic carbocycles. The molecule has 2 heterocycles. The lowest BCUT2D eigenvalue weighted by atomic mass is 10.1. The van der Waals surface area contributed by atoms with Crippen molar-refractivity contribution in [1.29, 1.82) is 0 Å². The van der Waals surface area contributed by atoms with E-state index in [4.69, 9.17) is 5.11 Å². The predicted molar refractivity (Wildman–Crippen MR) is 76.7 cm³/mol. The van der Waals surface area contributed by atoms with Gasteiger partial charge in [0.25, 0.3) is 0 Å². The molecule has 0 amide bonds. The molecule has 1 aliphatic heterocycles. The zero-order valence-electron chi connectivity index (χ0n) is 11.6. The van der Waals surface area contributed by atoms with Crippen LogP contribution >= 0.6 is 0 Å². The maximum Gasteiger partial charge on any atom is 0.124 e. The highest BCUT2D eigenvalue weighted by Gasteiger charge is 2.17. The maximum absolute atomic E-state index is 13.4. The van der Waals surface area contributed by atoms with Gasteiger partial charge in [-0.25, -0.2) is 9.37 Å². The first-order valence-corrected chi connectivity index (χ1v) is 6.87. The molecule has 0 fully saturated rings. The Balaban J connectivity index is 1.79. The fourth-order valence-corrected chi connectivity index (χ4v) is 2.54. The van der Waals surface area contributed by atoms with Crippen molar-refractivity contribution in [3.8, 4) is 11.8 Å². The molecular formula is C16H16FN3O. The van der Waals surface area contributed by atoms with Crippen molar-refractivity contribution in [2.45, 2.75) is 19.6 Å². The van der Waals surface area contributed by atoms with Crippen LogP contribution in [-0.4, -0.2) is 32.7 Å². The fraction of sp³-hybridized carbons (Fsp3) is 0.312. The van der Waals surface area contributed by atoms with Crippen molar-refractivity contribution in [1.82, 2.24) is 14.5 Å². The van der Waals surface area contributed by atoms with Gasteiger partial charge in [0.2, 0.25) is 0 Å². The molecule has 1 aliphatic rings. The van der Waals surface area contributed by atoms with Gasteiger partial charge in [-0.1, -0.05) is 17.9 Å². The first-order valence-electron chi connectivity index (χ1n) is 6.87. The summed E-state index contributed by atoms with van der Waals surface area (Å²) in [6, 6.07) is 4.63. The van der Waals surface area contributed by atoms with E-state index in [1.165, 1.54) is 12.1 Å². The van der Waals surface area contributed by atoms with Crippen molar-refractivity contribution in [2.24, 2.45) is 0 Å². The topological polar surface area (TPSA) is 41.3 Å². The second kappa shape index (κ2) is 6.08. The molecule has 0 radical (unpaired) electrons. The number of halogens is 1. The summed E-state index contributed by atoms with van der Waals surface area (Å²) in [5.74, 6) is 6.14. The second-order valence-corrected chi connectivity index (χ2v) is 5.01. The van der Waals surface area contributed by atoms with Crippen LogP contribution in [0.3, 0.4) is 0 Å². The lowest BCUT2D eigenvalue weighted by Crippen LogP contribution is -2.33. The minimum absolute atomic E-state index is 0.225. The minimum Gasteiger partial charge on any atom is -0.384 e. The Morgan fingerprint density at radius 3 is 3.10 bits per heavy atom. The average Bonchev–Trinajstić information content (AvgIpc) is 2.95. The Bertz CT molecular complexity index is 699. The monoisotopic (exact) mass is 285 g/mol. The number of aromatic nitrogens is 2. The number of aliphatic hydroxyl groups is 1. The highest BCUT2D eigenvalue weighted by molar-refractivity contribution is 5.41. The predicted octanol–water partition coefficient (Wildman–Crippen LogP) is 1.38. The summed E-state index contributed by atoms with van der Waals surface area (Å²) in [7, 11) is 0. The van der Waals surface area contributed by atoms with E-state index in [0.717, 1.165) is 31.0 Å². The van der Waals surface area contributed by atoms with E-state index >= 15 is 0 Å². The van der Waals surface area contributed by atoms with Crippen LogP contribution in [0.2, 0.25) is 0 Å². The molecule has 0 bridgehead atoms. The van der Waals surface area contributed by atoms with Gasteiger partial charge in [0, 0.05) is 37.6 Å². The average molecular weight is 285 g/mol. The summed E-state index contributed by atoms with van der Waals surface area (Å²) >= 11 is 0. The van der Waals surface area contributed by atoms with E-state index in [9.17, 15) is 4.39 Å². The van der Waals surface area contributed by atoms with Crippen LogP contribution in [0.4, 0.5) is 4.39 Å². The molecule has 0 saturated carbocycles. The van der Waals surface area contributed by atoms with Crippen LogP contribution in [-0.2, 0) is 19.6 Å². The number of hydrogen-bond acceptors (Lipinski definition) is 3. The molecule has 0 atom stereocenters. The van der Waals surface area contributed by atoms with Gasteiger partial charge in [-0.05, 0) is 17.7 Å². The van der Waals surface area contributed by atoms with Crippen LogP contribution in [0, 0.1) is 17.7 Å².